The van der Waals surface area contributed by atoms with Crippen LogP contribution in [0.1, 0.15) is 31.7 Å². The molecule has 35 heavy (non-hydrogen) atoms. The molecule has 0 bridgehead atoms. The number of aryl methyl sites for hydroxylation is 1. The van der Waals surface area contributed by atoms with Gasteiger partial charge in [0.1, 0.15) is 5.75 Å². The number of para-hydroxylation sites is 1. The standard InChI is InChI=1S/C27H35N3O3S2/c1-3-21-7-4-8-24-26(21)28-27(35-24)30(15-6-14-29-16-18-33-19-17-29)25(31)9-5-20-34-23-12-10-22(32-2)11-13-23/h4,7-8,10-13H,3,5-6,9,14-20H2,1-2H3. The summed E-state index contributed by atoms with van der Waals surface area (Å²) < 4.78 is 11.8. The molecule has 1 saturated heterocycles. The number of aromatic nitrogens is 1. The maximum atomic E-state index is 13.4. The molecule has 188 valence electrons. The van der Waals surface area contributed by atoms with E-state index in [2.05, 4.69) is 42.2 Å². The van der Waals surface area contributed by atoms with Crippen molar-refractivity contribution >= 4 is 44.4 Å². The molecule has 0 N–H and O–H groups in total. The highest BCUT2D eigenvalue weighted by Crippen LogP contribution is 2.32. The molecule has 8 heteroatoms. The SMILES string of the molecule is CCc1cccc2sc(N(CCCN3CCOCC3)C(=O)CCCSc3ccc(OC)cc3)nc12. The molecule has 0 saturated carbocycles. The summed E-state index contributed by atoms with van der Waals surface area (Å²) in [4.78, 5) is 23.9. The Hall–Kier alpha value is -2.13. The molecule has 2 heterocycles. The quantitative estimate of drug-likeness (QED) is 0.236. The first-order valence-corrected chi connectivity index (χ1v) is 14.2. The number of thiazole rings is 1. The Kier molecular flexibility index (Phi) is 9.83. The van der Waals surface area contributed by atoms with Crippen LogP contribution in [0.25, 0.3) is 10.2 Å². The predicted octanol–water partition coefficient (Wildman–Crippen LogP) is 5.50. The molecule has 1 aliphatic heterocycles. The van der Waals surface area contributed by atoms with Gasteiger partial charge in [0.25, 0.3) is 0 Å². The van der Waals surface area contributed by atoms with Gasteiger partial charge in [0.2, 0.25) is 5.91 Å². The first-order valence-electron chi connectivity index (χ1n) is 12.4. The number of fused-ring (bicyclic) bond motifs is 1. The van der Waals surface area contributed by atoms with Gasteiger partial charge in [0.05, 0.1) is 30.5 Å². The van der Waals surface area contributed by atoms with Crippen LogP contribution in [0.4, 0.5) is 5.13 Å². The molecular formula is C27H35N3O3S2. The zero-order valence-corrected chi connectivity index (χ0v) is 22.3. The number of carbonyl (C=O) groups excluding carboxylic acids is 1. The first-order chi connectivity index (χ1) is 17.2. The summed E-state index contributed by atoms with van der Waals surface area (Å²) in [6.07, 6.45) is 3.23. The van der Waals surface area contributed by atoms with E-state index in [0.717, 1.165) is 79.0 Å². The molecule has 1 aliphatic rings. The van der Waals surface area contributed by atoms with Gasteiger partial charge in [-0.15, -0.1) is 11.8 Å². The second-order valence-electron chi connectivity index (χ2n) is 8.59. The van der Waals surface area contributed by atoms with Crippen molar-refractivity contribution in [2.45, 2.75) is 37.5 Å². The molecule has 0 radical (unpaired) electrons. The van der Waals surface area contributed by atoms with Gasteiger partial charge in [-0.05, 0) is 60.9 Å². The maximum Gasteiger partial charge on any atom is 0.228 e. The average molecular weight is 514 g/mol. The van der Waals surface area contributed by atoms with Crippen molar-refractivity contribution in [1.82, 2.24) is 9.88 Å². The van der Waals surface area contributed by atoms with Crippen LogP contribution in [0.3, 0.4) is 0 Å². The van der Waals surface area contributed by atoms with Crippen LogP contribution in [-0.4, -0.2) is 68.0 Å². The molecule has 0 atom stereocenters. The number of anilines is 1. The lowest BCUT2D eigenvalue weighted by atomic mass is 10.1. The van der Waals surface area contributed by atoms with Gasteiger partial charge in [-0.3, -0.25) is 14.6 Å². The van der Waals surface area contributed by atoms with Crippen LogP contribution in [0.15, 0.2) is 47.4 Å². The molecule has 0 spiro atoms. The summed E-state index contributed by atoms with van der Waals surface area (Å²) >= 11 is 3.41. The van der Waals surface area contributed by atoms with Crippen LogP contribution < -0.4 is 9.64 Å². The molecule has 1 amide bonds. The van der Waals surface area contributed by atoms with Gasteiger partial charge in [-0.25, -0.2) is 4.98 Å². The number of methoxy groups -OCH3 is 1. The lowest BCUT2D eigenvalue weighted by Gasteiger charge is -2.27. The smallest absolute Gasteiger partial charge is 0.228 e. The third kappa shape index (κ3) is 7.19. The van der Waals surface area contributed by atoms with Gasteiger partial charge in [0, 0.05) is 37.5 Å². The molecule has 0 aliphatic carbocycles. The fraction of sp³-hybridized carbons (Fsp3) is 0.481. The Morgan fingerprint density at radius 2 is 1.97 bits per heavy atom. The fourth-order valence-corrected chi connectivity index (χ4v) is 6.13. The highest BCUT2D eigenvalue weighted by molar-refractivity contribution is 7.99. The van der Waals surface area contributed by atoms with E-state index in [-0.39, 0.29) is 5.91 Å². The van der Waals surface area contributed by atoms with Crippen LogP contribution >= 0.6 is 23.1 Å². The number of hydrogen-bond donors (Lipinski definition) is 0. The number of amides is 1. The van der Waals surface area contributed by atoms with Gasteiger partial charge in [-0.1, -0.05) is 30.4 Å². The maximum absolute atomic E-state index is 13.4. The second-order valence-corrected chi connectivity index (χ2v) is 10.8. The number of benzene rings is 2. The van der Waals surface area contributed by atoms with E-state index in [9.17, 15) is 4.79 Å². The van der Waals surface area contributed by atoms with Crippen LogP contribution in [0.5, 0.6) is 5.75 Å². The minimum Gasteiger partial charge on any atom is -0.497 e. The van der Waals surface area contributed by atoms with E-state index in [0.29, 0.717) is 13.0 Å². The Morgan fingerprint density at radius 1 is 1.17 bits per heavy atom. The third-order valence-electron chi connectivity index (χ3n) is 6.23. The number of morpholine rings is 1. The molecule has 6 nitrogen and oxygen atoms in total. The number of carbonyl (C=O) groups is 1. The van der Waals surface area contributed by atoms with Gasteiger partial charge < -0.3 is 9.47 Å². The van der Waals surface area contributed by atoms with Crippen LogP contribution in [0, 0.1) is 0 Å². The fourth-order valence-electron chi connectivity index (χ4n) is 4.22. The number of nitrogens with zero attached hydrogens (tertiary/aromatic N) is 3. The van der Waals surface area contributed by atoms with Crippen molar-refractivity contribution < 1.29 is 14.3 Å². The molecule has 1 fully saturated rings. The number of ether oxygens (including phenoxy) is 2. The Labute approximate surface area is 216 Å². The predicted molar refractivity (Wildman–Crippen MR) is 146 cm³/mol. The minimum absolute atomic E-state index is 0.166. The monoisotopic (exact) mass is 513 g/mol. The second kappa shape index (κ2) is 13.3. The Bertz CT molecular complexity index is 1080. The third-order valence-corrected chi connectivity index (χ3v) is 8.37. The average Bonchev–Trinajstić information content (AvgIpc) is 3.34. The zero-order valence-electron chi connectivity index (χ0n) is 20.7. The van der Waals surface area contributed by atoms with Crippen molar-refractivity contribution in [3.05, 3.63) is 48.0 Å². The number of rotatable bonds is 12. The molecular weight excluding hydrogens is 478 g/mol. The Balaban J connectivity index is 1.38. The largest absolute Gasteiger partial charge is 0.497 e. The summed E-state index contributed by atoms with van der Waals surface area (Å²) in [6, 6.07) is 14.4. The molecule has 3 aromatic rings. The van der Waals surface area contributed by atoms with Crippen LogP contribution in [-0.2, 0) is 16.0 Å². The molecule has 0 unspecified atom stereocenters. The molecule has 4 rings (SSSR count). The summed E-state index contributed by atoms with van der Waals surface area (Å²) in [5.41, 5.74) is 2.28. The van der Waals surface area contributed by atoms with Crippen molar-refractivity contribution in [3.8, 4) is 5.75 Å². The van der Waals surface area contributed by atoms with Crippen molar-refractivity contribution in [2.24, 2.45) is 0 Å². The summed E-state index contributed by atoms with van der Waals surface area (Å²) in [5.74, 6) is 1.93. The van der Waals surface area contributed by atoms with E-state index in [4.69, 9.17) is 14.5 Å². The van der Waals surface area contributed by atoms with E-state index >= 15 is 0 Å². The molecule has 1 aromatic heterocycles. The van der Waals surface area contributed by atoms with Crippen LogP contribution in [0.2, 0.25) is 0 Å². The number of thioether (sulfide) groups is 1. The summed E-state index contributed by atoms with van der Waals surface area (Å²) in [5, 5.41) is 0.829. The minimum atomic E-state index is 0.166. The van der Waals surface area contributed by atoms with E-state index in [1.807, 2.05) is 17.0 Å². The van der Waals surface area contributed by atoms with E-state index < -0.39 is 0 Å². The highest BCUT2D eigenvalue weighted by atomic mass is 32.2. The van der Waals surface area contributed by atoms with Gasteiger partial charge in [-0.2, -0.15) is 0 Å². The highest BCUT2D eigenvalue weighted by Gasteiger charge is 2.21. The topological polar surface area (TPSA) is 54.9 Å². The normalized spacial score (nSPS) is 14.3. The van der Waals surface area contributed by atoms with Gasteiger partial charge >= 0.3 is 0 Å². The number of hydrogen-bond acceptors (Lipinski definition) is 7. The summed E-state index contributed by atoms with van der Waals surface area (Å²) in [6.45, 7) is 7.36. The lowest BCUT2D eigenvalue weighted by Crippen LogP contribution is -2.39. The lowest BCUT2D eigenvalue weighted by molar-refractivity contribution is -0.118. The van der Waals surface area contributed by atoms with Crippen molar-refractivity contribution in [1.29, 1.82) is 0 Å². The van der Waals surface area contributed by atoms with Gasteiger partial charge in [0.15, 0.2) is 5.13 Å². The Morgan fingerprint density at radius 3 is 2.71 bits per heavy atom. The van der Waals surface area contributed by atoms with E-state index in [1.54, 1.807) is 30.2 Å². The molecule has 2 aromatic carbocycles. The van der Waals surface area contributed by atoms with Crippen molar-refractivity contribution in [3.63, 3.8) is 0 Å². The zero-order chi connectivity index (χ0) is 24.5. The van der Waals surface area contributed by atoms with E-state index in [1.165, 1.54) is 10.5 Å². The summed E-state index contributed by atoms with van der Waals surface area (Å²) in [7, 11) is 1.68. The first kappa shape index (κ1) is 25.9. The van der Waals surface area contributed by atoms with Crippen molar-refractivity contribution in [2.75, 3.05) is 57.2 Å².